The van der Waals surface area contributed by atoms with E-state index >= 15 is 0 Å². The Labute approximate surface area is 165 Å². The monoisotopic (exact) mass is 385 g/mol. The predicted molar refractivity (Wildman–Crippen MR) is 104 cm³/mol. The predicted octanol–water partition coefficient (Wildman–Crippen LogP) is 2.27. The topological polar surface area (TPSA) is 84.7 Å². The Hall–Kier alpha value is -2.67. The van der Waals surface area contributed by atoms with E-state index in [0.717, 1.165) is 5.56 Å². The quantitative estimate of drug-likeness (QED) is 0.790. The fraction of sp³-hybridized carbons (Fsp3) is 0.476. The van der Waals surface area contributed by atoms with E-state index in [4.69, 9.17) is 9.26 Å². The summed E-state index contributed by atoms with van der Waals surface area (Å²) in [5.74, 6) is 0.620. The van der Waals surface area contributed by atoms with Gasteiger partial charge in [-0.1, -0.05) is 49.3 Å². The van der Waals surface area contributed by atoms with Gasteiger partial charge in [-0.2, -0.15) is 0 Å². The van der Waals surface area contributed by atoms with Gasteiger partial charge in [0.05, 0.1) is 25.3 Å². The summed E-state index contributed by atoms with van der Waals surface area (Å²) in [5, 5.41) is 6.88. The molecule has 1 aromatic carbocycles. The number of hydrogen-bond acceptors (Lipinski definition) is 5. The number of rotatable bonds is 7. The van der Waals surface area contributed by atoms with Gasteiger partial charge in [0, 0.05) is 24.7 Å². The molecule has 1 atom stereocenters. The third-order valence-electron chi connectivity index (χ3n) is 4.62. The minimum atomic E-state index is -0.536. The van der Waals surface area contributed by atoms with E-state index in [1.165, 1.54) is 0 Å². The molecular weight excluding hydrogens is 358 g/mol. The molecule has 1 aromatic heterocycles. The minimum Gasteiger partial charge on any atom is -0.378 e. The molecule has 7 heteroatoms. The van der Waals surface area contributed by atoms with Crippen LogP contribution in [0.2, 0.25) is 0 Å². The van der Waals surface area contributed by atoms with Gasteiger partial charge in [-0.3, -0.25) is 9.59 Å². The van der Waals surface area contributed by atoms with Gasteiger partial charge in [0.1, 0.15) is 6.04 Å². The molecule has 0 aliphatic carbocycles. The Morgan fingerprint density at radius 1 is 1.18 bits per heavy atom. The van der Waals surface area contributed by atoms with Crippen molar-refractivity contribution in [1.82, 2.24) is 15.4 Å². The Morgan fingerprint density at radius 3 is 2.57 bits per heavy atom. The molecule has 3 rings (SSSR count). The summed E-state index contributed by atoms with van der Waals surface area (Å²) in [7, 11) is 0. The first-order chi connectivity index (χ1) is 13.5. The fourth-order valence-corrected chi connectivity index (χ4v) is 3.24. The fourth-order valence-electron chi connectivity index (χ4n) is 3.24. The van der Waals surface area contributed by atoms with Gasteiger partial charge in [0.25, 0.3) is 0 Å². The van der Waals surface area contributed by atoms with Crippen LogP contribution in [0.25, 0.3) is 11.3 Å². The van der Waals surface area contributed by atoms with Gasteiger partial charge in [-0.15, -0.1) is 0 Å². The van der Waals surface area contributed by atoms with E-state index in [1.807, 2.05) is 44.2 Å². The molecule has 0 unspecified atom stereocenters. The second-order valence-corrected chi connectivity index (χ2v) is 7.41. The van der Waals surface area contributed by atoms with Crippen molar-refractivity contribution in [2.24, 2.45) is 5.92 Å². The maximum atomic E-state index is 12.8. The number of ether oxygens (including phenoxy) is 1. The lowest BCUT2D eigenvalue weighted by Gasteiger charge is -2.31. The molecule has 1 aliphatic heterocycles. The molecule has 0 bridgehead atoms. The Balaban J connectivity index is 1.62. The average Bonchev–Trinajstić information content (AvgIpc) is 3.16. The molecule has 1 N–H and O–H groups in total. The lowest BCUT2D eigenvalue weighted by atomic mass is 10.0. The van der Waals surface area contributed by atoms with Crippen molar-refractivity contribution in [1.29, 1.82) is 0 Å². The summed E-state index contributed by atoms with van der Waals surface area (Å²) in [4.78, 5) is 27.1. The first kappa shape index (κ1) is 20.1. The zero-order chi connectivity index (χ0) is 19.9. The van der Waals surface area contributed by atoms with Crippen LogP contribution >= 0.6 is 0 Å². The molecule has 2 amide bonds. The summed E-state index contributed by atoms with van der Waals surface area (Å²) < 4.78 is 10.7. The Kier molecular flexibility index (Phi) is 6.81. The number of nitrogens with one attached hydrogen (secondary N) is 1. The zero-order valence-corrected chi connectivity index (χ0v) is 16.4. The molecule has 2 aromatic rings. The van der Waals surface area contributed by atoms with E-state index in [2.05, 4.69) is 10.5 Å². The number of benzene rings is 1. The molecule has 1 aliphatic rings. The van der Waals surface area contributed by atoms with Crippen LogP contribution in [0.3, 0.4) is 0 Å². The lowest BCUT2D eigenvalue weighted by molar-refractivity contribution is -0.140. The lowest BCUT2D eigenvalue weighted by Crippen LogP contribution is -2.52. The maximum absolute atomic E-state index is 12.8. The standard InChI is InChI=1S/C21H27N3O4/c1-15(2)12-18(21(26)24-8-10-27-11-9-24)22-20(25)14-17-13-19(28-23-17)16-6-4-3-5-7-16/h3-7,13,15,18H,8-12,14H2,1-2H3,(H,22,25)/t18-/m0/s1. The highest BCUT2D eigenvalue weighted by molar-refractivity contribution is 5.88. The van der Waals surface area contributed by atoms with Gasteiger partial charge < -0.3 is 19.5 Å². The normalized spacial score (nSPS) is 15.5. The minimum absolute atomic E-state index is 0.0459. The summed E-state index contributed by atoms with van der Waals surface area (Å²) in [6.45, 7) is 6.27. The highest BCUT2D eigenvalue weighted by Crippen LogP contribution is 2.20. The molecule has 7 nitrogen and oxygen atoms in total. The summed E-state index contributed by atoms with van der Waals surface area (Å²) >= 11 is 0. The first-order valence-electron chi connectivity index (χ1n) is 9.70. The van der Waals surface area contributed by atoms with Crippen molar-refractivity contribution in [3.63, 3.8) is 0 Å². The maximum Gasteiger partial charge on any atom is 0.245 e. The van der Waals surface area contributed by atoms with Crippen LogP contribution in [-0.2, 0) is 20.7 Å². The van der Waals surface area contributed by atoms with Crippen LogP contribution in [-0.4, -0.2) is 54.2 Å². The van der Waals surface area contributed by atoms with Gasteiger partial charge in [-0.05, 0) is 12.3 Å². The third kappa shape index (κ3) is 5.42. The summed E-state index contributed by atoms with van der Waals surface area (Å²) in [5.41, 5.74) is 1.44. The SMILES string of the molecule is CC(C)C[C@H](NC(=O)Cc1cc(-c2ccccc2)on1)C(=O)N1CCOCC1. The van der Waals surface area contributed by atoms with Crippen LogP contribution in [0.1, 0.15) is 26.0 Å². The Bertz CT molecular complexity index is 782. The number of amides is 2. The number of hydrogen-bond donors (Lipinski definition) is 1. The van der Waals surface area contributed by atoms with Crippen LogP contribution in [0.4, 0.5) is 0 Å². The van der Waals surface area contributed by atoms with Crippen molar-refractivity contribution in [2.45, 2.75) is 32.7 Å². The summed E-state index contributed by atoms with van der Waals surface area (Å²) in [6, 6.07) is 10.8. The van der Waals surface area contributed by atoms with E-state index in [9.17, 15) is 9.59 Å². The van der Waals surface area contributed by atoms with Crippen molar-refractivity contribution in [3.05, 3.63) is 42.1 Å². The molecule has 2 heterocycles. The van der Waals surface area contributed by atoms with E-state index in [1.54, 1.807) is 11.0 Å². The van der Waals surface area contributed by atoms with Gasteiger partial charge in [-0.25, -0.2) is 0 Å². The number of carbonyl (C=O) groups excluding carboxylic acids is 2. The highest BCUT2D eigenvalue weighted by Gasteiger charge is 2.28. The number of morpholine rings is 1. The molecule has 28 heavy (non-hydrogen) atoms. The number of carbonyl (C=O) groups is 2. The van der Waals surface area contributed by atoms with E-state index < -0.39 is 6.04 Å². The van der Waals surface area contributed by atoms with E-state index in [0.29, 0.717) is 44.2 Å². The third-order valence-corrected chi connectivity index (χ3v) is 4.62. The largest absolute Gasteiger partial charge is 0.378 e. The van der Waals surface area contributed by atoms with Crippen LogP contribution in [0.5, 0.6) is 0 Å². The molecule has 0 saturated carbocycles. The molecule has 1 fully saturated rings. The van der Waals surface area contributed by atoms with Crippen LogP contribution in [0, 0.1) is 5.92 Å². The number of aromatic nitrogens is 1. The molecule has 0 radical (unpaired) electrons. The summed E-state index contributed by atoms with van der Waals surface area (Å²) in [6.07, 6.45) is 0.664. The zero-order valence-electron chi connectivity index (χ0n) is 16.4. The Morgan fingerprint density at radius 2 is 1.89 bits per heavy atom. The highest BCUT2D eigenvalue weighted by atomic mass is 16.5. The molecule has 1 saturated heterocycles. The second kappa shape index (κ2) is 9.50. The van der Waals surface area contributed by atoms with Crippen molar-refractivity contribution in [3.8, 4) is 11.3 Å². The van der Waals surface area contributed by atoms with Gasteiger partial charge in [0.15, 0.2) is 5.76 Å². The van der Waals surface area contributed by atoms with Crippen molar-refractivity contribution < 1.29 is 18.8 Å². The molecular formula is C21H27N3O4. The van der Waals surface area contributed by atoms with Crippen LogP contribution < -0.4 is 5.32 Å². The molecule has 0 spiro atoms. The molecule has 150 valence electrons. The first-order valence-corrected chi connectivity index (χ1v) is 9.70. The van der Waals surface area contributed by atoms with Crippen molar-refractivity contribution in [2.75, 3.05) is 26.3 Å². The van der Waals surface area contributed by atoms with E-state index in [-0.39, 0.29) is 24.2 Å². The van der Waals surface area contributed by atoms with Gasteiger partial charge >= 0.3 is 0 Å². The average molecular weight is 385 g/mol. The van der Waals surface area contributed by atoms with Gasteiger partial charge in [0.2, 0.25) is 11.8 Å². The van der Waals surface area contributed by atoms with Crippen molar-refractivity contribution >= 4 is 11.8 Å². The van der Waals surface area contributed by atoms with Crippen LogP contribution in [0.15, 0.2) is 40.9 Å². The second-order valence-electron chi connectivity index (χ2n) is 7.41. The number of nitrogens with zero attached hydrogens (tertiary/aromatic N) is 2. The smallest absolute Gasteiger partial charge is 0.245 e.